The van der Waals surface area contributed by atoms with Gasteiger partial charge in [0.05, 0.1) is 0 Å². The number of rotatable bonds is 16. The van der Waals surface area contributed by atoms with Crippen LogP contribution >= 0.6 is 0 Å². The number of hydrogen-bond donors (Lipinski definition) is 0. The van der Waals surface area contributed by atoms with E-state index >= 15 is 0 Å². The average Bonchev–Trinajstić information content (AvgIpc) is 2.58. The second kappa shape index (κ2) is 17.2. The largest absolute Gasteiger partial charge is 0.529 e. The summed E-state index contributed by atoms with van der Waals surface area (Å²) in [7, 11) is -2.73. The Morgan fingerprint density at radius 1 is 0.625 bits per heavy atom. The quantitative estimate of drug-likeness (QED) is 0.193. The molecule has 0 spiro atoms. The van der Waals surface area contributed by atoms with Crippen LogP contribution < -0.4 is 0 Å². The van der Waals surface area contributed by atoms with E-state index in [1.807, 2.05) is 23.9 Å². The number of unbranched alkanes of at least 4 members (excludes halogenated alkanes) is 3. The van der Waals surface area contributed by atoms with Crippen molar-refractivity contribution in [1.82, 2.24) is 0 Å². The van der Waals surface area contributed by atoms with Gasteiger partial charge >= 0.3 is 8.80 Å². The Labute approximate surface area is 151 Å². The number of hydrogen-bond acceptors (Lipinski definition) is 3. The van der Waals surface area contributed by atoms with E-state index in [1.165, 1.54) is 0 Å². The van der Waals surface area contributed by atoms with Gasteiger partial charge in [0.1, 0.15) is 0 Å². The zero-order valence-electron chi connectivity index (χ0n) is 16.3. The van der Waals surface area contributed by atoms with E-state index in [0.29, 0.717) is 19.8 Å². The molecule has 0 fully saturated rings. The molecule has 0 aromatic heterocycles. The van der Waals surface area contributed by atoms with E-state index in [-0.39, 0.29) is 0 Å². The first-order chi connectivity index (χ1) is 11.7. The maximum absolute atomic E-state index is 6.15. The Hall–Kier alpha value is -0.683. The SMILES string of the molecule is CC/C=C/C=C/C=C/[Si](OCCCC)(OCCCC)OCCCC. The topological polar surface area (TPSA) is 27.7 Å². The summed E-state index contributed by atoms with van der Waals surface area (Å²) in [6.07, 6.45) is 17.7. The van der Waals surface area contributed by atoms with Crippen LogP contribution in [0.25, 0.3) is 0 Å². The second-order valence-electron chi connectivity index (χ2n) is 5.79. The van der Waals surface area contributed by atoms with Gasteiger partial charge in [-0.2, -0.15) is 0 Å². The second-order valence-corrected chi connectivity index (χ2v) is 8.20. The van der Waals surface area contributed by atoms with Crippen LogP contribution in [0.1, 0.15) is 72.6 Å². The highest BCUT2D eigenvalue weighted by atomic mass is 28.4. The summed E-state index contributed by atoms with van der Waals surface area (Å²) in [5.41, 5.74) is 2.03. The Morgan fingerprint density at radius 2 is 1.08 bits per heavy atom. The maximum Gasteiger partial charge on any atom is 0.529 e. The molecule has 0 radical (unpaired) electrons. The monoisotopic (exact) mass is 354 g/mol. The normalized spacial score (nSPS) is 13.0. The minimum Gasteiger partial charge on any atom is -0.370 e. The van der Waals surface area contributed by atoms with Crippen LogP contribution in [-0.4, -0.2) is 28.6 Å². The third-order valence-corrected chi connectivity index (χ3v) is 5.83. The summed E-state index contributed by atoms with van der Waals surface area (Å²) in [4.78, 5) is 0. The van der Waals surface area contributed by atoms with E-state index in [9.17, 15) is 0 Å². The maximum atomic E-state index is 6.15. The van der Waals surface area contributed by atoms with Gasteiger partial charge in [-0.15, -0.1) is 0 Å². The number of allylic oxidation sites excluding steroid dienone is 5. The first-order valence-corrected chi connectivity index (χ1v) is 11.5. The van der Waals surface area contributed by atoms with Crippen molar-refractivity contribution >= 4 is 8.80 Å². The average molecular weight is 355 g/mol. The molecular formula is C20H38O3Si. The lowest BCUT2D eigenvalue weighted by Gasteiger charge is -2.27. The van der Waals surface area contributed by atoms with E-state index in [1.54, 1.807) is 0 Å². The first kappa shape index (κ1) is 23.3. The summed E-state index contributed by atoms with van der Waals surface area (Å²) in [6, 6.07) is 0. The van der Waals surface area contributed by atoms with Gasteiger partial charge in [-0.05, 0) is 31.4 Å². The summed E-state index contributed by atoms with van der Waals surface area (Å²) >= 11 is 0. The molecule has 0 atom stereocenters. The highest BCUT2D eigenvalue weighted by molar-refractivity contribution is 6.66. The predicted octanol–water partition coefficient (Wildman–Crippen LogP) is 5.99. The molecule has 0 heterocycles. The van der Waals surface area contributed by atoms with Gasteiger partial charge < -0.3 is 13.3 Å². The molecular weight excluding hydrogens is 316 g/mol. The van der Waals surface area contributed by atoms with Crippen molar-refractivity contribution < 1.29 is 13.3 Å². The minimum atomic E-state index is -2.73. The fourth-order valence-electron chi connectivity index (χ4n) is 1.86. The third-order valence-electron chi connectivity index (χ3n) is 3.41. The van der Waals surface area contributed by atoms with Crippen LogP contribution in [0, 0.1) is 0 Å². The van der Waals surface area contributed by atoms with Crippen molar-refractivity contribution in [1.29, 1.82) is 0 Å². The molecule has 0 aliphatic carbocycles. The molecule has 0 bridgehead atoms. The van der Waals surface area contributed by atoms with Crippen molar-refractivity contribution in [2.75, 3.05) is 19.8 Å². The summed E-state index contributed by atoms with van der Waals surface area (Å²) in [6.45, 7) is 10.7. The first-order valence-electron chi connectivity index (χ1n) is 9.67. The Balaban J connectivity index is 4.92. The molecule has 0 unspecified atom stereocenters. The third kappa shape index (κ3) is 12.7. The molecule has 24 heavy (non-hydrogen) atoms. The fourth-order valence-corrected chi connectivity index (χ4v) is 4.03. The molecule has 0 aromatic carbocycles. The van der Waals surface area contributed by atoms with Crippen molar-refractivity contribution in [3.63, 3.8) is 0 Å². The lowest BCUT2D eigenvalue weighted by atomic mass is 10.4. The predicted molar refractivity (Wildman–Crippen MR) is 106 cm³/mol. The minimum absolute atomic E-state index is 0.699. The van der Waals surface area contributed by atoms with Crippen LogP contribution in [0.15, 0.2) is 36.1 Å². The van der Waals surface area contributed by atoms with E-state index in [4.69, 9.17) is 13.3 Å². The van der Waals surface area contributed by atoms with Gasteiger partial charge in [-0.3, -0.25) is 0 Å². The zero-order chi connectivity index (χ0) is 17.9. The molecule has 0 aliphatic rings. The van der Waals surface area contributed by atoms with Crippen LogP contribution in [0.4, 0.5) is 0 Å². The molecule has 0 rings (SSSR count). The molecule has 4 heteroatoms. The van der Waals surface area contributed by atoms with Crippen LogP contribution in [0.5, 0.6) is 0 Å². The summed E-state index contributed by atoms with van der Waals surface area (Å²) < 4.78 is 18.4. The van der Waals surface area contributed by atoms with Gasteiger partial charge in [0.25, 0.3) is 0 Å². The molecule has 0 saturated heterocycles. The highest BCUT2D eigenvalue weighted by Crippen LogP contribution is 2.15. The summed E-state index contributed by atoms with van der Waals surface area (Å²) in [5.74, 6) is 0. The van der Waals surface area contributed by atoms with Gasteiger partial charge in [0, 0.05) is 19.8 Å². The highest BCUT2D eigenvalue weighted by Gasteiger charge is 2.38. The van der Waals surface area contributed by atoms with E-state index in [2.05, 4.69) is 39.8 Å². The molecule has 0 amide bonds. The fraction of sp³-hybridized carbons (Fsp3) is 0.700. The lowest BCUT2D eigenvalue weighted by Crippen LogP contribution is -2.45. The Bertz CT molecular complexity index is 324. The van der Waals surface area contributed by atoms with E-state index < -0.39 is 8.80 Å². The smallest absolute Gasteiger partial charge is 0.370 e. The van der Waals surface area contributed by atoms with Crippen molar-refractivity contribution in [2.24, 2.45) is 0 Å². The van der Waals surface area contributed by atoms with Crippen LogP contribution in [0.2, 0.25) is 0 Å². The molecule has 0 saturated carbocycles. The van der Waals surface area contributed by atoms with Crippen molar-refractivity contribution in [2.45, 2.75) is 72.6 Å². The standard InChI is InChI=1S/C20H38O3Si/c1-5-9-13-14-15-16-20-24(21-17-10-6-2,22-18-11-7-3)23-19-12-8-4/h9,13-16,20H,5-8,10-12,17-19H2,1-4H3/b13-9+,15-14+,20-16+. The van der Waals surface area contributed by atoms with Crippen LogP contribution in [0.3, 0.4) is 0 Å². The summed E-state index contributed by atoms with van der Waals surface area (Å²) in [5, 5.41) is 0. The lowest BCUT2D eigenvalue weighted by molar-refractivity contribution is 0.0685. The molecule has 0 aliphatic heterocycles. The zero-order valence-corrected chi connectivity index (χ0v) is 17.3. The Morgan fingerprint density at radius 3 is 1.50 bits per heavy atom. The van der Waals surface area contributed by atoms with E-state index in [0.717, 1.165) is 44.9 Å². The van der Waals surface area contributed by atoms with Gasteiger partial charge in [0.15, 0.2) is 0 Å². The van der Waals surface area contributed by atoms with Crippen molar-refractivity contribution in [3.05, 3.63) is 36.1 Å². The molecule has 0 N–H and O–H groups in total. The van der Waals surface area contributed by atoms with Gasteiger partial charge in [-0.25, -0.2) is 0 Å². The molecule has 3 nitrogen and oxygen atoms in total. The van der Waals surface area contributed by atoms with Gasteiger partial charge in [0.2, 0.25) is 0 Å². The van der Waals surface area contributed by atoms with Crippen LogP contribution in [-0.2, 0) is 13.3 Å². The molecule has 140 valence electrons. The molecule has 0 aromatic rings. The van der Waals surface area contributed by atoms with Gasteiger partial charge in [-0.1, -0.05) is 77.3 Å². The Kier molecular flexibility index (Phi) is 16.7. The van der Waals surface area contributed by atoms with Crippen molar-refractivity contribution in [3.8, 4) is 0 Å².